The third-order valence-corrected chi connectivity index (χ3v) is 1.66. The van der Waals surface area contributed by atoms with Gasteiger partial charge in [0.1, 0.15) is 12.6 Å². The fourth-order valence-corrected chi connectivity index (χ4v) is 0.723. The predicted octanol–water partition coefficient (Wildman–Crippen LogP) is 0.134. The number of rotatable bonds is 6. The molecule has 0 rings (SSSR count). The van der Waals surface area contributed by atoms with Crippen molar-refractivity contribution in [3.05, 3.63) is 11.6 Å². The number of carbonyl (C=O) groups excluding carboxylic acids is 2. The van der Waals surface area contributed by atoms with Crippen LogP contribution in [0, 0.1) is 0 Å². The van der Waals surface area contributed by atoms with Crippen molar-refractivity contribution in [3.63, 3.8) is 0 Å². The summed E-state index contributed by atoms with van der Waals surface area (Å²) in [7, 11) is 0. The van der Waals surface area contributed by atoms with Crippen LogP contribution in [0.15, 0.2) is 11.6 Å². The van der Waals surface area contributed by atoms with Gasteiger partial charge in [0, 0.05) is 6.42 Å². The molecule has 0 aliphatic heterocycles. The molecule has 0 unspecified atom stereocenters. The normalized spacial score (nSPS) is 8.81. The molecule has 16 heavy (non-hydrogen) atoms. The van der Waals surface area contributed by atoms with E-state index in [9.17, 15) is 9.59 Å². The summed E-state index contributed by atoms with van der Waals surface area (Å²) in [5.74, 6) is 0. The van der Waals surface area contributed by atoms with E-state index < -0.39 is 0 Å². The Morgan fingerprint density at radius 3 is 1.69 bits per heavy atom. The Labute approximate surface area is 121 Å². The van der Waals surface area contributed by atoms with E-state index in [-0.39, 0.29) is 35.0 Å². The molecular formula is C12H23NaO3. The van der Waals surface area contributed by atoms with Gasteiger partial charge in [-0.25, -0.2) is 0 Å². The van der Waals surface area contributed by atoms with E-state index in [0.29, 0.717) is 6.42 Å². The summed E-state index contributed by atoms with van der Waals surface area (Å²) in [5, 5.41) is 0. The maximum atomic E-state index is 10.2. The van der Waals surface area contributed by atoms with Crippen molar-refractivity contribution in [3.8, 4) is 0 Å². The first-order chi connectivity index (χ1) is 6.76. The Morgan fingerprint density at radius 1 is 1.00 bits per heavy atom. The minimum Gasteiger partial charge on any atom is -0.870 e. The van der Waals surface area contributed by atoms with E-state index in [4.69, 9.17) is 0 Å². The van der Waals surface area contributed by atoms with Gasteiger partial charge in [0.15, 0.2) is 0 Å². The quantitative estimate of drug-likeness (QED) is 0.375. The number of unbranched alkanes of at least 4 members (excludes halogenated alkanes) is 2. The summed E-state index contributed by atoms with van der Waals surface area (Å²) in [4.78, 5) is 19.6. The summed E-state index contributed by atoms with van der Waals surface area (Å²) < 4.78 is 0. The predicted molar refractivity (Wildman–Crippen MR) is 62.3 cm³/mol. The van der Waals surface area contributed by atoms with Gasteiger partial charge in [0.25, 0.3) is 0 Å². The topological polar surface area (TPSA) is 64.1 Å². The molecule has 0 aliphatic carbocycles. The van der Waals surface area contributed by atoms with Crippen LogP contribution in [0.2, 0.25) is 0 Å². The summed E-state index contributed by atoms with van der Waals surface area (Å²) >= 11 is 0. The molecule has 3 nitrogen and oxygen atoms in total. The van der Waals surface area contributed by atoms with Crippen molar-refractivity contribution in [1.82, 2.24) is 0 Å². The van der Waals surface area contributed by atoms with Gasteiger partial charge in [-0.05, 0) is 24.8 Å². The van der Waals surface area contributed by atoms with E-state index in [2.05, 4.69) is 6.92 Å². The van der Waals surface area contributed by atoms with Crippen molar-refractivity contribution in [1.29, 1.82) is 0 Å². The maximum absolute atomic E-state index is 10.2. The molecule has 0 aromatic carbocycles. The average molecular weight is 238 g/mol. The molecule has 0 fully saturated rings. The first-order valence-electron chi connectivity index (χ1n) is 5.34. The third kappa shape index (κ3) is 23.7. The van der Waals surface area contributed by atoms with Crippen molar-refractivity contribution in [2.75, 3.05) is 0 Å². The first kappa shape index (κ1) is 25.0. The second kappa shape index (κ2) is 24.3. The van der Waals surface area contributed by atoms with Crippen LogP contribution in [0.25, 0.3) is 0 Å². The average Bonchev–Trinajstić information content (AvgIpc) is 2.22. The Balaban J connectivity index is -0.0000000904. The van der Waals surface area contributed by atoms with Gasteiger partial charge in [-0.15, -0.1) is 0 Å². The fourth-order valence-electron chi connectivity index (χ4n) is 0.723. The van der Waals surface area contributed by atoms with Crippen molar-refractivity contribution >= 4 is 12.6 Å². The zero-order chi connectivity index (χ0) is 11.2. The maximum Gasteiger partial charge on any atom is 1.00 e. The summed E-state index contributed by atoms with van der Waals surface area (Å²) in [5.41, 5.74) is 0.928. The van der Waals surface area contributed by atoms with E-state index in [0.717, 1.165) is 43.8 Å². The van der Waals surface area contributed by atoms with Gasteiger partial charge in [0.05, 0.1) is 0 Å². The van der Waals surface area contributed by atoms with E-state index in [1.54, 1.807) is 0 Å². The Kier molecular flexibility index (Phi) is 38.1. The zero-order valence-electron chi connectivity index (χ0n) is 11.0. The van der Waals surface area contributed by atoms with Crippen molar-refractivity contribution in [2.45, 2.75) is 52.9 Å². The molecule has 0 heterocycles. The van der Waals surface area contributed by atoms with Crippen molar-refractivity contribution in [2.24, 2.45) is 0 Å². The molecule has 0 aliphatic rings. The van der Waals surface area contributed by atoms with Crippen LogP contribution in [-0.2, 0) is 9.59 Å². The number of hydrogen-bond acceptors (Lipinski definition) is 3. The third-order valence-electron chi connectivity index (χ3n) is 1.66. The summed E-state index contributed by atoms with van der Waals surface area (Å²) in [6.07, 6.45) is 8.58. The molecule has 0 aromatic heterocycles. The Bertz CT molecular complexity index is 168. The standard InChI is InChI=1S/C8H14O.C4H8O.Na.H2O/c1-3-5-6-8(4-2)7-9;1-2-3-4-5;;/h6-7H,3-5H2,1-2H3;4H,2-3H2,1H3;;1H2/q;;+1;/p-1/b8-6+;;;. The number of carbonyl (C=O) groups is 2. The van der Waals surface area contributed by atoms with Crippen LogP contribution in [0.1, 0.15) is 52.9 Å². The fraction of sp³-hybridized carbons (Fsp3) is 0.667. The van der Waals surface area contributed by atoms with Crippen LogP contribution in [0.3, 0.4) is 0 Å². The van der Waals surface area contributed by atoms with Crippen LogP contribution in [0.5, 0.6) is 0 Å². The molecule has 0 aromatic rings. The second-order valence-corrected chi connectivity index (χ2v) is 2.99. The molecule has 0 radical (unpaired) electrons. The molecule has 0 bridgehead atoms. The minimum absolute atomic E-state index is 0. The molecule has 0 amide bonds. The number of aldehydes is 2. The van der Waals surface area contributed by atoms with Crippen LogP contribution in [0.4, 0.5) is 0 Å². The van der Waals surface area contributed by atoms with Crippen molar-refractivity contribution < 1.29 is 44.6 Å². The largest absolute Gasteiger partial charge is 1.00 e. The number of allylic oxidation sites excluding steroid dienone is 2. The molecule has 1 N–H and O–H groups in total. The van der Waals surface area contributed by atoms with E-state index in [1.165, 1.54) is 0 Å². The molecular weight excluding hydrogens is 215 g/mol. The molecule has 0 saturated carbocycles. The minimum atomic E-state index is 0. The monoisotopic (exact) mass is 238 g/mol. The van der Waals surface area contributed by atoms with Crippen LogP contribution >= 0.6 is 0 Å². The Morgan fingerprint density at radius 2 is 1.50 bits per heavy atom. The smallest absolute Gasteiger partial charge is 0.870 e. The SMILES string of the molecule is CCC/C=C(/C=O)CC.CCCC=O.[Na+].[OH-]. The van der Waals surface area contributed by atoms with Gasteiger partial charge >= 0.3 is 29.6 Å². The van der Waals surface area contributed by atoms with Gasteiger partial charge in [-0.2, -0.15) is 0 Å². The Hall–Kier alpha value is 0.0400. The van der Waals surface area contributed by atoms with Gasteiger partial charge in [-0.3, -0.25) is 4.79 Å². The van der Waals surface area contributed by atoms with Gasteiger partial charge in [-0.1, -0.05) is 33.3 Å². The van der Waals surface area contributed by atoms with Crippen LogP contribution < -0.4 is 29.6 Å². The molecule has 4 heteroatoms. The van der Waals surface area contributed by atoms with Gasteiger partial charge in [0.2, 0.25) is 0 Å². The first-order valence-corrected chi connectivity index (χ1v) is 5.34. The van der Waals surface area contributed by atoms with Crippen LogP contribution in [-0.4, -0.2) is 18.0 Å². The molecule has 90 valence electrons. The molecule has 0 atom stereocenters. The second-order valence-electron chi connectivity index (χ2n) is 2.99. The zero-order valence-corrected chi connectivity index (χ0v) is 13.0. The summed E-state index contributed by atoms with van der Waals surface area (Å²) in [6, 6.07) is 0. The number of hydrogen-bond donors (Lipinski definition) is 0. The molecule has 0 saturated heterocycles. The van der Waals surface area contributed by atoms with Gasteiger partial charge < -0.3 is 10.3 Å². The van der Waals surface area contributed by atoms with E-state index >= 15 is 0 Å². The summed E-state index contributed by atoms with van der Waals surface area (Å²) in [6.45, 7) is 6.08. The molecule has 0 spiro atoms. The van der Waals surface area contributed by atoms with E-state index in [1.807, 2.05) is 19.9 Å².